The molecular formula is C18H26FN3O3. The number of rotatable bonds is 7. The van der Waals surface area contributed by atoms with Gasteiger partial charge >= 0.3 is 0 Å². The second-order valence-corrected chi connectivity index (χ2v) is 6.43. The lowest BCUT2D eigenvalue weighted by atomic mass is 10.0. The summed E-state index contributed by atoms with van der Waals surface area (Å²) >= 11 is 0. The van der Waals surface area contributed by atoms with Crippen LogP contribution in [0.4, 0.5) is 4.39 Å². The molecular weight excluding hydrogens is 325 g/mol. The van der Waals surface area contributed by atoms with E-state index in [0.717, 1.165) is 13.1 Å². The van der Waals surface area contributed by atoms with E-state index >= 15 is 0 Å². The fraction of sp³-hybridized carbons (Fsp3) is 0.556. The summed E-state index contributed by atoms with van der Waals surface area (Å²) in [7, 11) is 0. The maximum absolute atomic E-state index is 13.5. The maximum Gasteiger partial charge on any atom is 0.254 e. The third-order valence-corrected chi connectivity index (χ3v) is 4.32. The van der Waals surface area contributed by atoms with Gasteiger partial charge in [-0.2, -0.15) is 0 Å². The van der Waals surface area contributed by atoms with Gasteiger partial charge in [-0.3, -0.25) is 14.5 Å². The zero-order chi connectivity index (χ0) is 18.2. The zero-order valence-corrected chi connectivity index (χ0v) is 14.8. The van der Waals surface area contributed by atoms with Crippen molar-refractivity contribution < 1.29 is 18.7 Å². The Morgan fingerprint density at radius 2 is 1.88 bits per heavy atom. The monoisotopic (exact) mass is 351 g/mol. The molecule has 6 nitrogen and oxygen atoms in total. The van der Waals surface area contributed by atoms with E-state index in [-0.39, 0.29) is 24.1 Å². The van der Waals surface area contributed by atoms with E-state index in [0.29, 0.717) is 25.7 Å². The van der Waals surface area contributed by atoms with Crippen molar-refractivity contribution in [3.63, 3.8) is 0 Å². The van der Waals surface area contributed by atoms with Crippen molar-refractivity contribution in [2.24, 2.45) is 5.92 Å². The van der Waals surface area contributed by atoms with Crippen LogP contribution in [0.15, 0.2) is 24.3 Å². The number of hydrogen-bond donors (Lipinski definition) is 2. The summed E-state index contributed by atoms with van der Waals surface area (Å²) < 4.78 is 18.9. The van der Waals surface area contributed by atoms with Gasteiger partial charge in [0.2, 0.25) is 5.91 Å². The van der Waals surface area contributed by atoms with Crippen LogP contribution in [0.3, 0.4) is 0 Å². The third-order valence-electron chi connectivity index (χ3n) is 4.32. The van der Waals surface area contributed by atoms with E-state index < -0.39 is 11.7 Å². The first kappa shape index (κ1) is 19.3. The molecule has 7 heteroatoms. The van der Waals surface area contributed by atoms with E-state index in [1.165, 1.54) is 18.2 Å². The predicted octanol–water partition coefficient (Wildman–Crippen LogP) is 1.03. The van der Waals surface area contributed by atoms with Crippen LogP contribution in [0, 0.1) is 11.7 Å². The van der Waals surface area contributed by atoms with E-state index in [1.54, 1.807) is 6.07 Å². The van der Waals surface area contributed by atoms with Crippen LogP contribution in [-0.2, 0) is 9.53 Å². The molecule has 1 heterocycles. The van der Waals surface area contributed by atoms with Gasteiger partial charge in [0.05, 0.1) is 25.3 Å². The van der Waals surface area contributed by atoms with Crippen molar-refractivity contribution in [2.75, 3.05) is 39.4 Å². The van der Waals surface area contributed by atoms with E-state index in [9.17, 15) is 14.0 Å². The summed E-state index contributed by atoms with van der Waals surface area (Å²) in [6.07, 6.45) is 0. The largest absolute Gasteiger partial charge is 0.379 e. The van der Waals surface area contributed by atoms with Gasteiger partial charge in [0.25, 0.3) is 5.91 Å². The average Bonchev–Trinajstić information content (AvgIpc) is 2.61. The van der Waals surface area contributed by atoms with Crippen molar-refractivity contribution in [1.29, 1.82) is 0 Å². The van der Waals surface area contributed by atoms with Crippen LogP contribution >= 0.6 is 0 Å². The highest BCUT2D eigenvalue weighted by Crippen LogP contribution is 2.12. The second-order valence-electron chi connectivity index (χ2n) is 6.43. The highest BCUT2D eigenvalue weighted by atomic mass is 19.1. The standard InChI is InChI=1S/C18H26FN3O3/c1-13(2)16(22-7-9-25-10-8-22)11-20-17(23)12-21-18(24)14-5-3-4-6-15(14)19/h3-6,13,16H,7-12H2,1-2H3,(H,20,23)(H,21,24). The number of hydrogen-bond acceptors (Lipinski definition) is 4. The predicted molar refractivity (Wildman–Crippen MR) is 92.8 cm³/mol. The van der Waals surface area contributed by atoms with Crippen LogP contribution in [-0.4, -0.2) is 62.1 Å². The minimum atomic E-state index is -0.604. The molecule has 1 aromatic rings. The molecule has 2 amide bonds. The molecule has 0 aromatic heterocycles. The van der Waals surface area contributed by atoms with E-state index in [2.05, 4.69) is 29.4 Å². The van der Waals surface area contributed by atoms with Gasteiger partial charge in [-0.25, -0.2) is 4.39 Å². The number of halogens is 1. The molecule has 1 unspecified atom stereocenters. The molecule has 1 atom stereocenters. The number of carbonyl (C=O) groups excluding carboxylic acids is 2. The summed E-state index contributed by atoms with van der Waals surface area (Å²) in [4.78, 5) is 26.2. The number of nitrogens with one attached hydrogen (secondary N) is 2. The Labute approximate surface area is 147 Å². The van der Waals surface area contributed by atoms with Gasteiger partial charge in [-0.05, 0) is 18.1 Å². The molecule has 1 saturated heterocycles. The quantitative estimate of drug-likeness (QED) is 0.770. The lowest BCUT2D eigenvalue weighted by Crippen LogP contribution is -2.52. The molecule has 1 aliphatic heterocycles. The van der Waals surface area contributed by atoms with Gasteiger partial charge < -0.3 is 15.4 Å². The summed E-state index contributed by atoms with van der Waals surface area (Å²) in [6.45, 7) is 7.67. The summed E-state index contributed by atoms with van der Waals surface area (Å²) in [5, 5.41) is 5.30. The fourth-order valence-corrected chi connectivity index (χ4v) is 2.88. The fourth-order valence-electron chi connectivity index (χ4n) is 2.88. The third kappa shape index (κ3) is 5.79. The molecule has 0 bridgehead atoms. The molecule has 1 fully saturated rings. The lowest BCUT2D eigenvalue weighted by molar-refractivity contribution is -0.120. The first-order valence-electron chi connectivity index (χ1n) is 8.60. The Kier molecular flexibility index (Phi) is 7.33. The first-order valence-corrected chi connectivity index (χ1v) is 8.60. The number of morpholine rings is 1. The number of nitrogens with zero attached hydrogens (tertiary/aromatic N) is 1. The van der Waals surface area contributed by atoms with E-state index in [1.807, 2.05) is 0 Å². The molecule has 0 radical (unpaired) electrons. The van der Waals surface area contributed by atoms with Gasteiger partial charge in [0.15, 0.2) is 0 Å². The minimum absolute atomic E-state index is 0.0660. The summed E-state index contributed by atoms with van der Waals surface area (Å²) in [5.41, 5.74) is -0.0660. The SMILES string of the molecule is CC(C)C(CNC(=O)CNC(=O)c1ccccc1F)N1CCOCC1. The molecule has 0 spiro atoms. The molecule has 1 aromatic carbocycles. The highest BCUT2D eigenvalue weighted by Gasteiger charge is 2.24. The smallest absolute Gasteiger partial charge is 0.254 e. The summed E-state index contributed by atoms with van der Waals surface area (Å²) in [5.74, 6) is -1.11. The van der Waals surface area contributed by atoms with Crippen molar-refractivity contribution in [3.05, 3.63) is 35.6 Å². The Balaban J connectivity index is 1.79. The van der Waals surface area contributed by atoms with Gasteiger partial charge in [0.1, 0.15) is 5.82 Å². The topological polar surface area (TPSA) is 70.7 Å². The average molecular weight is 351 g/mol. The molecule has 25 heavy (non-hydrogen) atoms. The van der Waals surface area contributed by atoms with Crippen LogP contribution in [0.5, 0.6) is 0 Å². The van der Waals surface area contributed by atoms with Crippen LogP contribution in [0.1, 0.15) is 24.2 Å². The molecule has 1 aliphatic rings. The lowest BCUT2D eigenvalue weighted by Gasteiger charge is -2.36. The normalized spacial score (nSPS) is 16.5. The Morgan fingerprint density at radius 3 is 2.52 bits per heavy atom. The number of benzene rings is 1. The molecule has 2 rings (SSSR count). The number of amides is 2. The Hall–Kier alpha value is -1.99. The molecule has 138 valence electrons. The van der Waals surface area contributed by atoms with Crippen molar-refractivity contribution in [2.45, 2.75) is 19.9 Å². The number of ether oxygens (including phenoxy) is 1. The van der Waals surface area contributed by atoms with Crippen LogP contribution < -0.4 is 10.6 Å². The van der Waals surface area contributed by atoms with E-state index in [4.69, 9.17) is 4.74 Å². The molecule has 0 aliphatic carbocycles. The first-order chi connectivity index (χ1) is 12.0. The maximum atomic E-state index is 13.5. The van der Waals surface area contributed by atoms with Crippen molar-refractivity contribution in [3.8, 4) is 0 Å². The van der Waals surface area contributed by atoms with Gasteiger partial charge in [-0.1, -0.05) is 26.0 Å². The van der Waals surface area contributed by atoms with Gasteiger partial charge in [-0.15, -0.1) is 0 Å². The zero-order valence-electron chi connectivity index (χ0n) is 14.8. The summed E-state index contributed by atoms with van der Waals surface area (Å²) in [6, 6.07) is 5.90. The van der Waals surface area contributed by atoms with Gasteiger partial charge in [0, 0.05) is 25.7 Å². The van der Waals surface area contributed by atoms with Crippen LogP contribution in [0.25, 0.3) is 0 Å². The highest BCUT2D eigenvalue weighted by molar-refractivity contribution is 5.96. The van der Waals surface area contributed by atoms with Crippen LogP contribution in [0.2, 0.25) is 0 Å². The Morgan fingerprint density at radius 1 is 1.20 bits per heavy atom. The minimum Gasteiger partial charge on any atom is -0.379 e. The second kappa shape index (κ2) is 9.48. The molecule has 0 saturated carbocycles. The molecule has 2 N–H and O–H groups in total. The Bertz CT molecular complexity index is 589. The van der Waals surface area contributed by atoms with Crippen molar-refractivity contribution >= 4 is 11.8 Å². The van der Waals surface area contributed by atoms with Crippen molar-refractivity contribution in [1.82, 2.24) is 15.5 Å². The number of carbonyl (C=O) groups is 2.